The first kappa shape index (κ1) is 18.0. The summed E-state index contributed by atoms with van der Waals surface area (Å²) >= 11 is 0. The van der Waals surface area contributed by atoms with E-state index in [2.05, 4.69) is 10.6 Å². The Morgan fingerprint density at radius 3 is 2.21 bits per heavy atom. The Labute approximate surface area is 141 Å². The molecule has 1 fully saturated rings. The number of benzene rings is 1. The molecule has 0 unspecified atom stereocenters. The molecule has 2 amide bonds. The van der Waals surface area contributed by atoms with Crippen molar-refractivity contribution in [3.63, 3.8) is 0 Å². The van der Waals surface area contributed by atoms with Crippen LogP contribution >= 0.6 is 0 Å². The van der Waals surface area contributed by atoms with Gasteiger partial charge < -0.3 is 15.7 Å². The van der Waals surface area contributed by atoms with Gasteiger partial charge in [-0.25, -0.2) is 0 Å². The molecule has 1 aromatic rings. The van der Waals surface area contributed by atoms with Gasteiger partial charge in [0.1, 0.15) is 0 Å². The Morgan fingerprint density at radius 1 is 1.12 bits per heavy atom. The minimum atomic E-state index is -0.924. The number of carboxylic acid groups (broad SMARTS) is 1. The number of anilines is 2. The Balaban J connectivity index is 2.16. The lowest BCUT2D eigenvalue weighted by Crippen LogP contribution is -2.43. The number of carbonyl (C=O) groups is 3. The van der Waals surface area contributed by atoms with E-state index in [9.17, 15) is 19.5 Å². The molecule has 1 saturated carbocycles. The van der Waals surface area contributed by atoms with Gasteiger partial charge >= 0.3 is 5.97 Å². The van der Waals surface area contributed by atoms with Gasteiger partial charge in [-0.1, -0.05) is 19.9 Å². The lowest BCUT2D eigenvalue weighted by molar-refractivity contribution is -0.154. The molecule has 0 bridgehead atoms. The third-order valence-corrected chi connectivity index (χ3v) is 5.47. The zero-order valence-corrected chi connectivity index (χ0v) is 14.5. The highest BCUT2D eigenvalue weighted by Crippen LogP contribution is 2.56. The third-order valence-electron chi connectivity index (χ3n) is 5.47. The molecule has 0 spiro atoms. The van der Waals surface area contributed by atoms with Crippen LogP contribution in [0.3, 0.4) is 0 Å². The van der Waals surface area contributed by atoms with E-state index in [1.165, 1.54) is 6.92 Å². The molecule has 0 saturated heterocycles. The maximum Gasteiger partial charge on any atom is 0.309 e. The maximum absolute atomic E-state index is 12.7. The quantitative estimate of drug-likeness (QED) is 0.789. The first-order valence-corrected chi connectivity index (χ1v) is 8.00. The van der Waals surface area contributed by atoms with Gasteiger partial charge in [-0.3, -0.25) is 14.4 Å². The van der Waals surface area contributed by atoms with Crippen LogP contribution in [0.1, 0.15) is 40.5 Å². The molecule has 0 radical (unpaired) electrons. The van der Waals surface area contributed by atoms with E-state index in [4.69, 9.17) is 0 Å². The van der Waals surface area contributed by atoms with Gasteiger partial charge in [0.25, 0.3) is 0 Å². The molecule has 6 nitrogen and oxygen atoms in total. The molecule has 130 valence electrons. The molecule has 6 heteroatoms. The number of hydrogen-bond donors (Lipinski definition) is 3. The number of hydrogen-bond acceptors (Lipinski definition) is 3. The summed E-state index contributed by atoms with van der Waals surface area (Å²) < 4.78 is 0. The zero-order chi connectivity index (χ0) is 18.1. The van der Waals surface area contributed by atoms with Crippen molar-refractivity contribution in [2.75, 3.05) is 10.6 Å². The molecule has 0 aromatic heterocycles. The lowest BCUT2D eigenvalue weighted by atomic mass is 9.65. The van der Waals surface area contributed by atoms with Crippen molar-refractivity contribution in [1.29, 1.82) is 0 Å². The summed E-state index contributed by atoms with van der Waals surface area (Å²) in [4.78, 5) is 35.4. The number of amides is 2. The highest BCUT2D eigenvalue weighted by Gasteiger charge is 2.58. The summed E-state index contributed by atoms with van der Waals surface area (Å²) in [5, 5.41) is 15.1. The van der Waals surface area contributed by atoms with Crippen molar-refractivity contribution in [1.82, 2.24) is 0 Å². The first-order chi connectivity index (χ1) is 11.1. The standard InChI is InChI=1S/C18H24N2O4/c1-11(21)19-12-6-5-7-13(10-12)20-15(22)14-8-9-18(4,16(23)24)17(14,2)3/h5-7,10,14H,8-9H2,1-4H3,(H,19,21)(H,20,22)(H,23,24)/t14-,18+/m1/s1. The normalized spacial score (nSPS) is 25.1. The molecule has 2 atom stereocenters. The van der Waals surface area contributed by atoms with Crippen molar-refractivity contribution in [2.24, 2.45) is 16.7 Å². The number of nitrogens with one attached hydrogen (secondary N) is 2. The largest absolute Gasteiger partial charge is 0.481 e. The summed E-state index contributed by atoms with van der Waals surface area (Å²) in [5.41, 5.74) is -0.405. The van der Waals surface area contributed by atoms with Crippen LogP contribution < -0.4 is 10.6 Å². The van der Waals surface area contributed by atoms with Gasteiger partial charge in [-0.05, 0) is 43.4 Å². The lowest BCUT2D eigenvalue weighted by Gasteiger charge is -2.37. The number of carboxylic acids is 1. The van der Waals surface area contributed by atoms with Crippen molar-refractivity contribution in [3.8, 4) is 0 Å². The molecule has 0 aliphatic heterocycles. The van der Waals surface area contributed by atoms with Crippen LogP contribution in [-0.2, 0) is 14.4 Å². The van der Waals surface area contributed by atoms with Gasteiger partial charge in [0.05, 0.1) is 5.41 Å². The van der Waals surface area contributed by atoms with Crippen LogP contribution in [0.5, 0.6) is 0 Å². The first-order valence-electron chi connectivity index (χ1n) is 8.00. The van der Waals surface area contributed by atoms with Gasteiger partial charge in [-0.2, -0.15) is 0 Å². The number of carbonyl (C=O) groups excluding carboxylic acids is 2. The van der Waals surface area contributed by atoms with Crippen LogP contribution in [0.2, 0.25) is 0 Å². The van der Waals surface area contributed by atoms with Gasteiger partial charge in [0.15, 0.2) is 0 Å². The second-order valence-corrected chi connectivity index (χ2v) is 7.20. The predicted octanol–water partition coefficient (Wildman–Crippen LogP) is 3.11. The Morgan fingerprint density at radius 2 is 1.71 bits per heavy atom. The summed E-state index contributed by atoms with van der Waals surface area (Å²) in [5.74, 6) is -1.63. The van der Waals surface area contributed by atoms with Crippen LogP contribution in [-0.4, -0.2) is 22.9 Å². The van der Waals surface area contributed by atoms with Crippen LogP contribution in [0.25, 0.3) is 0 Å². The van der Waals surface area contributed by atoms with Crippen LogP contribution in [0.4, 0.5) is 11.4 Å². The maximum atomic E-state index is 12.7. The fraction of sp³-hybridized carbons (Fsp3) is 0.500. The van der Waals surface area contributed by atoms with E-state index in [0.717, 1.165) is 0 Å². The van der Waals surface area contributed by atoms with Crippen molar-refractivity contribution < 1.29 is 19.5 Å². The van der Waals surface area contributed by atoms with E-state index in [1.54, 1.807) is 31.2 Å². The zero-order valence-electron chi connectivity index (χ0n) is 14.5. The topological polar surface area (TPSA) is 95.5 Å². The van der Waals surface area contributed by atoms with Crippen molar-refractivity contribution >= 4 is 29.2 Å². The van der Waals surface area contributed by atoms with Gasteiger partial charge in [0, 0.05) is 24.2 Å². The fourth-order valence-corrected chi connectivity index (χ4v) is 3.45. The Hall–Kier alpha value is -2.37. The van der Waals surface area contributed by atoms with Crippen molar-refractivity contribution in [3.05, 3.63) is 24.3 Å². The summed E-state index contributed by atoms with van der Waals surface area (Å²) in [6.07, 6.45) is 1.01. The molecule has 2 rings (SSSR count). The molecule has 1 aliphatic rings. The van der Waals surface area contributed by atoms with E-state index >= 15 is 0 Å². The molecular weight excluding hydrogens is 308 g/mol. The third kappa shape index (κ3) is 3.13. The highest BCUT2D eigenvalue weighted by molar-refractivity contribution is 5.95. The summed E-state index contributed by atoms with van der Waals surface area (Å²) in [6, 6.07) is 6.89. The Bertz CT molecular complexity index is 683. The van der Waals surface area contributed by atoms with E-state index < -0.39 is 16.8 Å². The minimum absolute atomic E-state index is 0.187. The minimum Gasteiger partial charge on any atom is -0.481 e. The summed E-state index contributed by atoms with van der Waals surface area (Å²) in [7, 11) is 0. The molecule has 3 N–H and O–H groups in total. The second-order valence-electron chi connectivity index (χ2n) is 7.20. The molecule has 0 heterocycles. The SMILES string of the molecule is CC(=O)Nc1cccc(NC(=O)[C@H]2CC[C@@](C)(C(=O)O)C2(C)C)c1. The predicted molar refractivity (Wildman–Crippen MR) is 91.6 cm³/mol. The monoisotopic (exact) mass is 332 g/mol. The number of aliphatic carboxylic acids is 1. The average Bonchev–Trinajstić information content (AvgIpc) is 2.70. The van der Waals surface area contributed by atoms with Crippen LogP contribution in [0.15, 0.2) is 24.3 Å². The molecular formula is C18H24N2O4. The molecule has 24 heavy (non-hydrogen) atoms. The highest BCUT2D eigenvalue weighted by atomic mass is 16.4. The van der Waals surface area contributed by atoms with Crippen molar-refractivity contribution in [2.45, 2.75) is 40.5 Å². The Kier molecular flexibility index (Phi) is 4.69. The summed E-state index contributed by atoms with van der Waals surface area (Å²) in [6.45, 7) is 6.80. The second kappa shape index (κ2) is 6.26. The van der Waals surface area contributed by atoms with Crippen LogP contribution in [0, 0.1) is 16.7 Å². The van der Waals surface area contributed by atoms with Gasteiger partial charge in [-0.15, -0.1) is 0 Å². The molecule has 1 aromatic carbocycles. The average molecular weight is 332 g/mol. The van der Waals surface area contributed by atoms with E-state index in [0.29, 0.717) is 24.2 Å². The van der Waals surface area contributed by atoms with E-state index in [1.807, 2.05) is 13.8 Å². The smallest absolute Gasteiger partial charge is 0.309 e. The van der Waals surface area contributed by atoms with Gasteiger partial charge in [0.2, 0.25) is 11.8 Å². The van der Waals surface area contributed by atoms with E-state index in [-0.39, 0.29) is 17.7 Å². The number of rotatable bonds is 4. The fourth-order valence-electron chi connectivity index (χ4n) is 3.45. The molecule has 1 aliphatic carbocycles.